The molecule has 0 amide bonds. The topological polar surface area (TPSA) is 71.1 Å². The highest BCUT2D eigenvalue weighted by Crippen LogP contribution is 2.16. The molecule has 0 N–H and O–H groups in total. The smallest absolute Gasteiger partial charge is 0.390 e. The van der Waals surface area contributed by atoms with Crippen LogP contribution in [0, 0.1) is 0 Å². The number of ether oxygens (including phenoxy) is 1. The molecule has 7 heteroatoms. The lowest BCUT2D eigenvalue weighted by Crippen LogP contribution is -2.43. The van der Waals surface area contributed by atoms with E-state index in [1.54, 1.807) is 14.2 Å². The average molecular weight is 318 g/mol. The number of unbranched alkanes of at least 4 members (excludes halogenated alkanes) is 1. The lowest BCUT2D eigenvalue weighted by Gasteiger charge is -2.25. The zero-order valence-electron chi connectivity index (χ0n) is 13.4. The summed E-state index contributed by atoms with van der Waals surface area (Å²) in [6, 6.07) is 0.759. The molecule has 6 nitrogen and oxygen atoms in total. The Morgan fingerprint density at radius 1 is 1.14 bits per heavy atom. The van der Waals surface area contributed by atoms with Crippen LogP contribution < -0.4 is 0 Å². The van der Waals surface area contributed by atoms with Crippen molar-refractivity contribution in [2.24, 2.45) is 0 Å². The van der Waals surface area contributed by atoms with Crippen molar-refractivity contribution in [3.05, 3.63) is 12.2 Å². The molecule has 0 heterocycles. The molecule has 0 saturated heterocycles. The predicted octanol–water partition coefficient (Wildman–Crippen LogP) is 2.46. The van der Waals surface area contributed by atoms with E-state index in [0.29, 0.717) is 19.4 Å². The molecule has 0 spiro atoms. The summed E-state index contributed by atoms with van der Waals surface area (Å²) in [4.78, 5) is 22.5. The van der Waals surface area contributed by atoms with Gasteiger partial charge in [-0.1, -0.05) is 19.9 Å². The maximum Gasteiger partial charge on any atom is 0.500 e. The van der Waals surface area contributed by atoms with Gasteiger partial charge < -0.3 is 18.0 Å². The van der Waals surface area contributed by atoms with Crippen LogP contribution in [0.4, 0.5) is 0 Å². The van der Waals surface area contributed by atoms with Gasteiger partial charge in [-0.25, -0.2) is 4.79 Å². The lowest BCUT2D eigenvalue weighted by molar-refractivity contribution is -0.156. The first-order chi connectivity index (χ1) is 9.90. The molecule has 0 saturated carbocycles. The average Bonchev–Trinajstić information content (AvgIpc) is 2.45. The Balaban J connectivity index is 3.92. The van der Waals surface area contributed by atoms with Gasteiger partial charge in [-0.2, -0.15) is 0 Å². The Hall–Kier alpha value is -1.02. The first kappa shape index (κ1) is 20.0. The van der Waals surface area contributed by atoms with E-state index < -0.39 is 20.7 Å². The minimum Gasteiger partial charge on any atom is -0.390 e. The second-order valence-electron chi connectivity index (χ2n) is 4.69. The van der Waals surface area contributed by atoms with Crippen LogP contribution >= 0.6 is 0 Å². The number of carbonyl (C=O) groups excluding carboxylic acids is 2. The second-order valence-corrected chi connectivity index (χ2v) is 7.66. The van der Waals surface area contributed by atoms with Crippen molar-refractivity contribution < 1.29 is 27.6 Å². The van der Waals surface area contributed by atoms with Crippen LogP contribution in [0.1, 0.15) is 39.5 Å². The zero-order valence-corrected chi connectivity index (χ0v) is 14.4. The molecule has 0 atom stereocenters. The third kappa shape index (κ3) is 8.11. The van der Waals surface area contributed by atoms with Crippen LogP contribution in [0.3, 0.4) is 0 Å². The molecular formula is C14H26O6Si. The van der Waals surface area contributed by atoms with Gasteiger partial charge in [0.15, 0.2) is 0 Å². The maximum atomic E-state index is 11.4. The zero-order chi connectivity index (χ0) is 16.3. The normalized spacial score (nSPS) is 11.2. The van der Waals surface area contributed by atoms with Crippen molar-refractivity contribution in [2.75, 3.05) is 20.8 Å². The van der Waals surface area contributed by atoms with Crippen molar-refractivity contribution in [2.45, 2.75) is 45.6 Å². The van der Waals surface area contributed by atoms with Gasteiger partial charge in [-0.3, -0.25) is 4.79 Å². The first-order valence-corrected chi connectivity index (χ1v) is 8.98. The standard InChI is InChI=1S/C14H26O6Si/c1-6-11-21(17-4,18-5)19-10-8-7-9-13(15)20-14(16)12(2)3/h2,6-11H2,1,3-5H3. The molecule has 0 radical (unpaired) electrons. The van der Waals surface area contributed by atoms with Crippen LogP contribution in [-0.2, 0) is 27.6 Å². The third-order valence-corrected chi connectivity index (χ3v) is 5.83. The molecule has 0 aromatic carbocycles. The fourth-order valence-electron chi connectivity index (χ4n) is 1.62. The summed E-state index contributed by atoms with van der Waals surface area (Å²) in [5.74, 6) is -1.22. The highest BCUT2D eigenvalue weighted by molar-refractivity contribution is 6.60. The van der Waals surface area contributed by atoms with Crippen LogP contribution in [0.5, 0.6) is 0 Å². The van der Waals surface area contributed by atoms with Gasteiger partial charge in [0.05, 0.1) is 0 Å². The predicted molar refractivity (Wildman–Crippen MR) is 80.6 cm³/mol. The minimum atomic E-state index is -2.54. The Labute approximate surface area is 127 Å². The summed E-state index contributed by atoms with van der Waals surface area (Å²) >= 11 is 0. The van der Waals surface area contributed by atoms with E-state index in [1.165, 1.54) is 6.92 Å². The first-order valence-electron chi connectivity index (χ1n) is 7.05. The molecule has 122 valence electrons. The Kier molecular flexibility index (Phi) is 10.1. The lowest BCUT2D eigenvalue weighted by atomic mass is 10.2. The molecular weight excluding hydrogens is 292 g/mol. The van der Waals surface area contributed by atoms with Crippen molar-refractivity contribution >= 4 is 20.7 Å². The number of carbonyl (C=O) groups is 2. The number of hydrogen-bond donors (Lipinski definition) is 0. The Bertz CT molecular complexity index is 351. The van der Waals surface area contributed by atoms with Gasteiger partial charge in [0, 0.05) is 38.9 Å². The molecule has 0 unspecified atom stereocenters. The number of rotatable bonds is 11. The summed E-state index contributed by atoms with van der Waals surface area (Å²) in [5, 5.41) is 0. The fraction of sp³-hybridized carbons (Fsp3) is 0.714. The quantitative estimate of drug-likeness (QED) is 0.192. The van der Waals surface area contributed by atoms with Gasteiger partial charge in [-0.05, 0) is 19.8 Å². The number of esters is 2. The Morgan fingerprint density at radius 3 is 2.24 bits per heavy atom. The monoisotopic (exact) mass is 318 g/mol. The fourth-order valence-corrected chi connectivity index (χ4v) is 3.65. The van der Waals surface area contributed by atoms with Crippen LogP contribution in [0.25, 0.3) is 0 Å². The molecule has 21 heavy (non-hydrogen) atoms. The van der Waals surface area contributed by atoms with Crippen molar-refractivity contribution in [3.8, 4) is 0 Å². The van der Waals surface area contributed by atoms with E-state index in [0.717, 1.165) is 12.5 Å². The van der Waals surface area contributed by atoms with E-state index >= 15 is 0 Å². The summed E-state index contributed by atoms with van der Waals surface area (Å²) < 4.78 is 21.1. The third-order valence-electron chi connectivity index (χ3n) is 2.83. The molecule has 0 aliphatic heterocycles. The van der Waals surface area contributed by atoms with Crippen LogP contribution in [0.15, 0.2) is 12.2 Å². The number of hydrogen-bond acceptors (Lipinski definition) is 6. The second kappa shape index (κ2) is 10.7. The SMILES string of the molecule is C=C(C)C(=O)OC(=O)CCCCO[Si](CCC)(OC)OC. The summed E-state index contributed by atoms with van der Waals surface area (Å²) in [6.07, 6.45) is 2.34. The molecule has 0 aliphatic carbocycles. The summed E-state index contributed by atoms with van der Waals surface area (Å²) in [7, 11) is 0.635. The van der Waals surface area contributed by atoms with Gasteiger partial charge in [0.2, 0.25) is 0 Å². The van der Waals surface area contributed by atoms with Gasteiger partial charge >= 0.3 is 20.7 Å². The van der Waals surface area contributed by atoms with Gasteiger partial charge in [0.25, 0.3) is 0 Å². The highest BCUT2D eigenvalue weighted by atomic mass is 28.4. The van der Waals surface area contributed by atoms with Crippen molar-refractivity contribution in [1.29, 1.82) is 0 Å². The van der Waals surface area contributed by atoms with E-state index in [2.05, 4.69) is 11.3 Å². The summed E-state index contributed by atoms with van der Waals surface area (Å²) in [6.45, 7) is 7.40. The van der Waals surface area contributed by atoms with Crippen molar-refractivity contribution in [1.82, 2.24) is 0 Å². The van der Waals surface area contributed by atoms with Crippen molar-refractivity contribution in [3.63, 3.8) is 0 Å². The highest BCUT2D eigenvalue weighted by Gasteiger charge is 2.37. The Morgan fingerprint density at radius 2 is 1.76 bits per heavy atom. The maximum absolute atomic E-state index is 11.4. The summed E-state index contributed by atoms with van der Waals surface area (Å²) in [5.41, 5.74) is 0.210. The van der Waals surface area contributed by atoms with Crippen LogP contribution in [-0.4, -0.2) is 41.6 Å². The van der Waals surface area contributed by atoms with E-state index in [1.807, 2.05) is 6.92 Å². The van der Waals surface area contributed by atoms with E-state index in [4.69, 9.17) is 13.3 Å². The van der Waals surface area contributed by atoms with Gasteiger partial charge in [0.1, 0.15) is 0 Å². The molecule has 0 aromatic heterocycles. The molecule has 0 bridgehead atoms. The molecule has 0 fully saturated rings. The van der Waals surface area contributed by atoms with E-state index in [9.17, 15) is 9.59 Å². The minimum absolute atomic E-state index is 0.171. The van der Waals surface area contributed by atoms with E-state index in [-0.39, 0.29) is 12.0 Å². The molecule has 0 aliphatic rings. The van der Waals surface area contributed by atoms with Gasteiger partial charge in [-0.15, -0.1) is 0 Å². The van der Waals surface area contributed by atoms with Crippen LogP contribution in [0.2, 0.25) is 6.04 Å². The largest absolute Gasteiger partial charge is 0.500 e. The molecule has 0 aromatic rings. The molecule has 0 rings (SSSR count).